The molecule has 100 valence electrons. The predicted molar refractivity (Wildman–Crippen MR) is 73.4 cm³/mol. The summed E-state index contributed by atoms with van der Waals surface area (Å²) in [6.45, 7) is 5.63. The maximum absolute atomic E-state index is 5.65. The van der Waals surface area contributed by atoms with Crippen molar-refractivity contribution in [2.75, 3.05) is 58.3 Å². The zero-order valence-corrected chi connectivity index (χ0v) is 11.2. The number of likely N-dealkylation sites (N-methyl/N-ethyl adjacent to an activating group) is 1. The van der Waals surface area contributed by atoms with E-state index in [1.165, 1.54) is 0 Å². The molecule has 5 heteroatoms. The number of nitrogens with one attached hydrogen (secondary N) is 1. The Balaban J connectivity index is 1.91. The van der Waals surface area contributed by atoms with E-state index >= 15 is 0 Å². The molecule has 0 radical (unpaired) electrons. The highest BCUT2D eigenvalue weighted by molar-refractivity contribution is 5.41. The van der Waals surface area contributed by atoms with Crippen LogP contribution in [0.4, 0.5) is 5.82 Å². The number of nitrogens with zero attached hydrogens (tertiary/aromatic N) is 3. The maximum Gasteiger partial charge on any atom is 0.215 e. The molecule has 1 N–H and O–H groups in total. The van der Waals surface area contributed by atoms with Crippen LogP contribution in [0.2, 0.25) is 0 Å². The van der Waals surface area contributed by atoms with Gasteiger partial charge < -0.3 is 19.9 Å². The van der Waals surface area contributed by atoms with E-state index in [2.05, 4.69) is 20.1 Å². The Morgan fingerprint density at radius 2 is 2.11 bits per heavy atom. The molecule has 1 aliphatic heterocycles. The van der Waals surface area contributed by atoms with Crippen LogP contribution in [0, 0.1) is 0 Å². The minimum Gasteiger partial charge on any atom is -0.476 e. The smallest absolute Gasteiger partial charge is 0.215 e. The average molecular weight is 250 g/mol. The molecule has 5 nitrogen and oxygen atoms in total. The van der Waals surface area contributed by atoms with Gasteiger partial charge in [-0.1, -0.05) is 6.07 Å². The Labute approximate surface area is 109 Å². The van der Waals surface area contributed by atoms with Gasteiger partial charge in [-0.3, -0.25) is 0 Å². The lowest BCUT2D eigenvalue weighted by atomic mass is 10.3. The van der Waals surface area contributed by atoms with Crippen LogP contribution in [-0.2, 0) is 0 Å². The number of anilines is 1. The van der Waals surface area contributed by atoms with Gasteiger partial charge in [0.1, 0.15) is 12.4 Å². The van der Waals surface area contributed by atoms with Crippen LogP contribution in [0.5, 0.6) is 5.88 Å². The van der Waals surface area contributed by atoms with Crippen LogP contribution in [0.25, 0.3) is 0 Å². The van der Waals surface area contributed by atoms with Gasteiger partial charge in [0, 0.05) is 38.8 Å². The van der Waals surface area contributed by atoms with Crippen molar-refractivity contribution >= 4 is 5.82 Å². The van der Waals surface area contributed by atoms with E-state index in [0.717, 1.165) is 38.5 Å². The zero-order chi connectivity index (χ0) is 12.8. The summed E-state index contributed by atoms with van der Waals surface area (Å²) in [4.78, 5) is 8.94. The molecule has 0 aromatic carbocycles. The molecule has 18 heavy (non-hydrogen) atoms. The first kappa shape index (κ1) is 13.1. The van der Waals surface area contributed by atoms with E-state index < -0.39 is 0 Å². The maximum atomic E-state index is 5.65. The van der Waals surface area contributed by atoms with E-state index in [1.807, 2.05) is 32.3 Å². The quantitative estimate of drug-likeness (QED) is 0.821. The molecular formula is C13H22N4O. The SMILES string of the molecule is CN(C)CCOc1cccc(N2CCNCC2)n1. The number of pyridine rings is 1. The number of aromatic nitrogens is 1. The summed E-state index contributed by atoms with van der Waals surface area (Å²) in [5.74, 6) is 1.73. The van der Waals surface area contributed by atoms with Crippen LogP contribution in [0.3, 0.4) is 0 Å². The molecule has 0 spiro atoms. The van der Waals surface area contributed by atoms with Gasteiger partial charge in [0.25, 0.3) is 0 Å². The van der Waals surface area contributed by atoms with Gasteiger partial charge in [0.15, 0.2) is 0 Å². The van der Waals surface area contributed by atoms with Gasteiger partial charge in [0.05, 0.1) is 0 Å². The van der Waals surface area contributed by atoms with Gasteiger partial charge in [-0.15, -0.1) is 0 Å². The number of hydrogen-bond acceptors (Lipinski definition) is 5. The fraction of sp³-hybridized carbons (Fsp3) is 0.615. The lowest BCUT2D eigenvalue weighted by Crippen LogP contribution is -2.43. The highest BCUT2D eigenvalue weighted by atomic mass is 16.5. The summed E-state index contributed by atoms with van der Waals surface area (Å²) in [6.07, 6.45) is 0. The summed E-state index contributed by atoms with van der Waals surface area (Å²) in [6, 6.07) is 5.97. The lowest BCUT2D eigenvalue weighted by molar-refractivity contribution is 0.254. The van der Waals surface area contributed by atoms with Crippen molar-refractivity contribution in [2.24, 2.45) is 0 Å². The normalized spacial score (nSPS) is 16.1. The minimum atomic E-state index is 0.672. The van der Waals surface area contributed by atoms with E-state index in [0.29, 0.717) is 12.5 Å². The largest absolute Gasteiger partial charge is 0.476 e. The molecule has 0 aliphatic carbocycles. The first-order valence-electron chi connectivity index (χ1n) is 6.46. The predicted octanol–water partition coefficient (Wildman–Crippen LogP) is 0.432. The Hall–Kier alpha value is -1.33. The van der Waals surface area contributed by atoms with Crippen molar-refractivity contribution in [3.8, 4) is 5.88 Å². The van der Waals surface area contributed by atoms with Crippen LogP contribution >= 0.6 is 0 Å². The first-order chi connectivity index (χ1) is 8.75. The van der Waals surface area contributed by atoms with Crippen molar-refractivity contribution in [1.82, 2.24) is 15.2 Å². The second kappa shape index (κ2) is 6.56. The molecule has 0 amide bonds. The number of piperazine rings is 1. The fourth-order valence-corrected chi connectivity index (χ4v) is 1.89. The molecule has 0 unspecified atom stereocenters. The van der Waals surface area contributed by atoms with Gasteiger partial charge in [0.2, 0.25) is 5.88 Å². The summed E-state index contributed by atoms with van der Waals surface area (Å²) in [5.41, 5.74) is 0. The third kappa shape index (κ3) is 3.85. The van der Waals surface area contributed by atoms with Crippen molar-refractivity contribution in [2.45, 2.75) is 0 Å². The molecule has 0 atom stereocenters. The first-order valence-corrected chi connectivity index (χ1v) is 6.46. The highest BCUT2D eigenvalue weighted by Crippen LogP contribution is 2.16. The number of ether oxygens (including phenoxy) is 1. The molecule has 1 fully saturated rings. The summed E-state index contributed by atoms with van der Waals surface area (Å²) in [7, 11) is 4.07. The van der Waals surface area contributed by atoms with Crippen LogP contribution in [0.15, 0.2) is 18.2 Å². The standard InChI is InChI=1S/C13H22N4O/c1-16(2)10-11-18-13-5-3-4-12(15-13)17-8-6-14-7-9-17/h3-5,14H,6-11H2,1-2H3. The van der Waals surface area contributed by atoms with E-state index in [-0.39, 0.29) is 0 Å². The van der Waals surface area contributed by atoms with Gasteiger partial charge >= 0.3 is 0 Å². The molecule has 0 saturated carbocycles. The topological polar surface area (TPSA) is 40.6 Å². The fourth-order valence-electron chi connectivity index (χ4n) is 1.89. The number of hydrogen-bond donors (Lipinski definition) is 1. The molecule has 2 rings (SSSR count). The minimum absolute atomic E-state index is 0.672. The van der Waals surface area contributed by atoms with E-state index in [9.17, 15) is 0 Å². The van der Waals surface area contributed by atoms with Gasteiger partial charge in [-0.25, -0.2) is 0 Å². The Kier molecular flexibility index (Phi) is 4.78. The Bertz CT molecular complexity index is 364. The van der Waals surface area contributed by atoms with E-state index in [1.54, 1.807) is 0 Å². The van der Waals surface area contributed by atoms with Crippen molar-refractivity contribution in [3.05, 3.63) is 18.2 Å². The van der Waals surface area contributed by atoms with Crippen LogP contribution in [0.1, 0.15) is 0 Å². The van der Waals surface area contributed by atoms with Gasteiger partial charge in [-0.05, 0) is 20.2 Å². The zero-order valence-electron chi connectivity index (χ0n) is 11.2. The average Bonchev–Trinajstić information content (AvgIpc) is 2.40. The summed E-state index contributed by atoms with van der Waals surface area (Å²) < 4.78 is 5.65. The van der Waals surface area contributed by atoms with Crippen molar-refractivity contribution in [1.29, 1.82) is 0 Å². The van der Waals surface area contributed by atoms with Gasteiger partial charge in [-0.2, -0.15) is 4.98 Å². The second-order valence-electron chi connectivity index (χ2n) is 4.72. The third-order valence-electron chi connectivity index (χ3n) is 2.94. The Morgan fingerprint density at radius 3 is 2.83 bits per heavy atom. The van der Waals surface area contributed by atoms with Crippen molar-refractivity contribution < 1.29 is 4.74 Å². The molecule has 2 heterocycles. The third-order valence-corrected chi connectivity index (χ3v) is 2.94. The summed E-state index contributed by atoms with van der Waals surface area (Å²) in [5, 5.41) is 3.34. The number of rotatable bonds is 5. The van der Waals surface area contributed by atoms with Crippen LogP contribution in [-0.4, -0.2) is 63.3 Å². The highest BCUT2D eigenvalue weighted by Gasteiger charge is 2.11. The second-order valence-corrected chi connectivity index (χ2v) is 4.72. The molecule has 1 aliphatic rings. The van der Waals surface area contributed by atoms with Crippen LogP contribution < -0.4 is 15.0 Å². The lowest BCUT2D eigenvalue weighted by Gasteiger charge is -2.28. The molecular weight excluding hydrogens is 228 g/mol. The monoisotopic (exact) mass is 250 g/mol. The molecule has 1 saturated heterocycles. The molecule has 1 aromatic heterocycles. The van der Waals surface area contributed by atoms with E-state index in [4.69, 9.17) is 4.74 Å². The van der Waals surface area contributed by atoms with Crippen molar-refractivity contribution in [3.63, 3.8) is 0 Å². The Morgan fingerprint density at radius 1 is 1.33 bits per heavy atom. The molecule has 0 bridgehead atoms. The summed E-state index contributed by atoms with van der Waals surface area (Å²) >= 11 is 0. The molecule has 1 aromatic rings.